The van der Waals surface area contributed by atoms with E-state index >= 15 is 0 Å². The van der Waals surface area contributed by atoms with Gasteiger partial charge in [-0.3, -0.25) is 4.98 Å². The van der Waals surface area contributed by atoms with Crippen molar-refractivity contribution in [3.8, 4) is 11.3 Å². The molecule has 0 spiro atoms. The van der Waals surface area contributed by atoms with Crippen LogP contribution in [0.1, 0.15) is 13.0 Å². The van der Waals surface area contributed by atoms with Crippen molar-refractivity contribution in [3.63, 3.8) is 0 Å². The maximum Gasteiger partial charge on any atom is 0.332 e. The number of carboxylic acids is 1. The highest BCUT2D eigenvalue weighted by Crippen LogP contribution is 2.40. The van der Waals surface area contributed by atoms with Crippen LogP contribution in [0.3, 0.4) is 0 Å². The van der Waals surface area contributed by atoms with Gasteiger partial charge in [0, 0.05) is 27.3 Å². The molecule has 198 valence electrons. The van der Waals surface area contributed by atoms with Crippen LogP contribution in [-0.4, -0.2) is 77.7 Å². The zero-order chi connectivity index (χ0) is 26.9. The van der Waals surface area contributed by atoms with Crippen molar-refractivity contribution < 1.29 is 42.8 Å². The number of carboxylic acid groups (broad SMARTS) is 1. The molecule has 3 aromatic rings. The van der Waals surface area contributed by atoms with Crippen LogP contribution in [-0.2, 0) is 14.3 Å². The molecule has 1 saturated heterocycles. The van der Waals surface area contributed by atoms with Gasteiger partial charge in [0.15, 0.2) is 23.6 Å². The second kappa shape index (κ2) is 11.4. The minimum absolute atomic E-state index is 0.0533. The van der Waals surface area contributed by atoms with Gasteiger partial charge >= 0.3 is 5.97 Å². The number of hydrogen-bond donors (Lipinski definition) is 3. The quantitative estimate of drug-likeness (QED) is 0.329. The Balaban J connectivity index is 1.74. The lowest BCUT2D eigenvalue weighted by Gasteiger charge is -2.44. The molecule has 0 saturated carbocycles. The van der Waals surface area contributed by atoms with Crippen LogP contribution in [0, 0.1) is 17.5 Å². The number of aliphatic hydroxyl groups is 2. The molecular weight excluding hydrogens is 585 g/mol. The van der Waals surface area contributed by atoms with Gasteiger partial charge in [-0.2, -0.15) is 0 Å². The molecule has 0 bridgehead atoms. The summed E-state index contributed by atoms with van der Waals surface area (Å²) in [6, 6.07) is 2.06. The molecule has 2 aromatic heterocycles. The van der Waals surface area contributed by atoms with Crippen LogP contribution < -0.4 is 0 Å². The number of nitrogens with zero attached hydrogens (tertiary/aromatic N) is 4. The van der Waals surface area contributed by atoms with Gasteiger partial charge in [0.05, 0.1) is 12.8 Å². The van der Waals surface area contributed by atoms with E-state index in [2.05, 4.69) is 31.2 Å². The zero-order valence-electron chi connectivity index (χ0n) is 18.9. The summed E-state index contributed by atoms with van der Waals surface area (Å²) in [6.07, 6.45) is -0.738. The van der Waals surface area contributed by atoms with Gasteiger partial charge in [-0.25, -0.2) is 22.6 Å². The Morgan fingerprint density at radius 3 is 2.59 bits per heavy atom. The van der Waals surface area contributed by atoms with Crippen molar-refractivity contribution in [1.29, 1.82) is 0 Å². The Labute approximate surface area is 220 Å². The fraction of sp³-hybridized carbons (Fsp3) is 0.364. The number of aliphatic carboxylic acids is 1. The molecule has 6 atom stereocenters. The first-order chi connectivity index (χ1) is 17.6. The van der Waals surface area contributed by atoms with Gasteiger partial charge in [-0.1, -0.05) is 17.0 Å². The minimum atomic E-state index is -1.64. The largest absolute Gasteiger partial charge is 0.479 e. The van der Waals surface area contributed by atoms with Gasteiger partial charge < -0.3 is 24.8 Å². The van der Waals surface area contributed by atoms with Gasteiger partial charge in [0.25, 0.3) is 0 Å². The third-order valence-electron chi connectivity index (χ3n) is 5.56. The number of pyridine rings is 1. The van der Waals surface area contributed by atoms with Crippen molar-refractivity contribution in [2.45, 2.75) is 47.7 Å². The Morgan fingerprint density at radius 1 is 1.27 bits per heavy atom. The Hall–Kier alpha value is -2.56. The summed E-state index contributed by atoms with van der Waals surface area (Å²) >= 11 is 4.43. The predicted octanol–water partition coefficient (Wildman–Crippen LogP) is 2.79. The number of ether oxygens (including phenoxy) is 2. The first-order valence-electron chi connectivity index (χ1n) is 10.8. The molecule has 0 radical (unpaired) electrons. The van der Waals surface area contributed by atoms with Crippen LogP contribution in [0.5, 0.6) is 0 Å². The van der Waals surface area contributed by atoms with E-state index in [-0.39, 0.29) is 11.3 Å². The monoisotopic (exact) mass is 604 g/mol. The lowest BCUT2D eigenvalue weighted by atomic mass is 9.97. The van der Waals surface area contributed by atoms with Crippen LogP contribution in [0.25, 0.3) is 11.3 Å². The lowest BCUT2D eigenvalue weighted by Crippen LogP contribution is -2.56. The zero-order valence-corrected chi connectivity index (χ0v) is 21.3. The maximum absolute atomic E-state index is 13.8. The van der Waals surface area contributed by atoms with Gasteiger partial charge in [0.2, 0.25) is 0 Å². The molecule has 15 heteroatoms. The van der Waals surface area contributed by atoms with E-state index in [4.69, 9.17) is 9.47 Å². The second-order valence-electron chi connectivity index (χ2n) is 8.08. The molecule has 1 fully saturated rings. The Morgan fingerprint density at radius 2 is 1.97 bits per heavy atom. The van der Waals surface area contributed by atoms with Crippen molar-refractivity contribution >= 4 is 33.7 Å². The third kappa shape index (κ3) is 5.97. The first kappa shape index (κ1) is 27.5. The van der Waals surface area contributed by atoms with E-state index < -0.39 is 65.9 Å². The summed E-state index contributed by atoms with van der Waals surface area (Å²) < 4.78 is 54.4. The van der Waals surface area contributed by atoms with E-state index in [9.17, 15) is 33.3 Å². The Kier molecular flexibility index (Phi) is 8.50. The summed E-state index contributed by atoms with van der Waals surface area (Å²) in [5.74, 6) is -5.76. The molecule has 6 unspecified atom stereocenters. The molecule has 4 rings (SSSR count). The van der Waals surface area contributed by atoms with Crippen LogP contribution in [0.2, 0.25) is 0 Å². The second-order valence-corrected chi connectivity index (χ2v) is 10.2. The predicted molar refractivity (Wildman–Crippen MR) is 126 cm³/mol. The molecule has 10 nitrogen and oxygen atoms in total. The molecule has 0 aliphatic carbocycles. The number of aliphatic hydroxyl groups excluding tert-OH is 2. The van der Waals surface area contributed by atoms with E-state index in [1.165, 1.54) is 19.3 Å². The number of benzene rings is 1. The van der Waals surface area contributed by atoms with Crippen LogP contribution in [0.4, 0.5) is 13.2 Å². The summed E-state index contributed by atoms with van der Waals surface area (Å²) in [6.45, 7) is 0.700. The highest BCUT2D eigenvalue weighted by molar-refractivity contribution is 9.10. The average molecular weight is 605 g/mol. The standard InChI is InChI=1S/C22H20BrF3N4O6S/c1-9(21(33)34)35-20-18(30-7-15(28-29-30)10-2-13(24)17(26)14(25)3-10)19(32)16(8-31)36-22(20)37-12-4-11(23)5-27-6-12/h2-7,9,16,18-20,22,31-32H,8H2,1H3,(H,33,34). The molecule has 37 heavy (non-hydrogen) atoms. The van der Waals surface area contributed by atoms with Crippen molar-refractivity contribution in [2.75, 3.05) is 6.61 Å². The Bertz CT molecular complexity index is 1260. The molecule has 3 heterocycles. The number of halogens is 4. The normalized spacial score (nSPS) is 24.7. The lowest BCUT2D eigenvalue weighted by molar-refractivity contribution is -0.207. The number of hydrogen-bond acceptors (Lipinski definition) is 9. The number of rotatable bonds is 8. The van der Waals surface area contributed by atoms with Crippen molar-refractivity contribution in [1.82, 2.24) is 20.0 Å². The summed E-state index contributed by atoms with van der Waals surface area (Å²) in [7, 11) is 0. The van der Waals surface area contributed by atoms with Crippen molar-refractivity contribution in [2.24, 2.45) is 0 Å². The maximum atomic E-state index is 13.8. The van der Waals surface area contributed by atoms with Crippen molar-refractivity contribution in [3.05, 3.63) is 58.7 Å². The molecule has 1 aliphatic heterocycles. The summed E-state index contributed by atoms with van der Waals surface area (Å²) in [5.41, 5.74) is -1.13. The summed E-state index contributed by atoms with van der Waals surface area (Å²) in [5, 5.41) is 38.2. The molecule has 0 amide bonds. The fourth-order valence-corrected chi connectivity index (χ4v) is 5.40. The molecular formula is C22H20BrF3N4O6S. The number of carbonyl (C=O) groups is 1. The average Bonchev–Trinajstić information content (AvgIpc) is 3.33. The van der Waals surface area contributed by atoms with E-state index in [1.54, 1.807) is 12.3 Å². The van der Waals surface area contributed by atoms with Crippen LogP contribution >= 0.6 is 27.7 Å². The molecule has 1 aromatic carbocycles. The van der Waals surface area contributed by atoms with Gasteiger partial charge in [-0.05, 0) is 41.1 Å². The highest BCUT2D eigenvalue weighted by atomic mass is 79.9. The topological polar surface area (TPSA) is 140 Å². The van der Waals surface area contributed by atoms with E-state index in [0.717, 1.165) is 28.6 Å². The number of aromatic nitrogens is 4. The number of thioether (sulfide) groups is 1. The van der Waals surface area contributed by atoms with E-state index in [0.29, 0.717) is 9.37 Å². The van der Waals surface area contributed by atoms with Crippen LogP contribution in [0.15, 0.2) is 46.2 Å². The highest BCUT2D eigenvalue weighted by Gasteiger charge is 2.49. The summed E-state index contributed by atoms with van der Waals surface area (Å²) in [4.78, 5) is 16.3. The fourth-order valence-electron chi connectivity index (χ4n) is 3.75. The first-order valence-corrected chi connectivity index (χ1v) is 12.4. The van der Waals surface area contributed by atoms with E-state index in [1.807, 2.05) is 0 Å². The molecule has 1 aliphatic rings. The SMILES string of the molecule is CC(OC1C(Sc2cncc(Br)c2)OC(CO)C(O)C1n1cc(-c2cc(F)c(F)c(F)c2)nn1)C(=O)O. The minimum Gasteiger partial charge on any atom is -0.479 e. The van der Waals surface area contributed by atoms with Gasteiger partial charge in [0.1, 0.15) is 35.5 Å². The van der Waals surface area contributed by atoms with Gasteiger partial charge in [-0.15, -0.1) is 5.10 Å². The third-order valence-corrected chi connectivity index (χ3v) is 7.10. The molecule has 3 N–H and O–H groups in total. The smallest absolute Gasteiger partial charge is 0.332 e.